The van der Waals surface area contributed by atoms with Gasteiger partial charge in [-0.25, -0.2) is 4.79 Å². The molecule has 0 aliphatic carbocycles. The standard InChI is InChI=1S/C29H33NO6/c1-5-30(28(33)36-19-20-9-7-6-8-10-20)18-22-17-23(29(2,3)34)12-13-24(22)25-15-21(16-27(31)32)11-14-26(25)35-4/h6-15,17,34H,5,16,18-19H2,1-4H3,(H,31,32). The van der Waals surface area contributed by atoms with Crippen molar-refractivity contribution in [3.05, 3.63) is 89.0 Å². The van der Waals surface area contributed by atoms with Crippen molar-refractivity contribution in [2.24, 2.45) is 0 Å². The zero-order chi connectivity index (χ0) is 26.3. The van der Waals surface area contributed by atoms with Crippen molar-refractivity contribution in [2.75, 3.05) is 13.7 Å². The van der Waals surface area contributed by atoms with Crippen molar-refractivity contribution in [3.8, 4) is 16.9 Å². The van der Waals surface area contributed by atoms with Crippen molar-refractivity contribution in [1.82, 2.24) is 4.90 Å². The lowest BCUT2D eigenvalue weighted by Gasteiger charge is -2.25. The van der Waals surface area contributed by atoms with Gasteiger partial charge in [-0.15, -0.1) is 0 Å². The van der Waals surface area contributed by atoms with Crippen LogP contribution in [0, 0.1) is 0 Å². The number of amides is 1. The maximum Gasteiger partial charge on any atom is 0.410 e. The Bertz CT molecular complexity index is 1200. The lowest BCUT2D eigenvalue weighted by Crippen LogP contribution is -2.31. The molecule has 7 nitrogen and oxygen atoms in total. The second-order valence-electron chi connectivity index (χ2n) is 9.09. The molecule has 0 saturated carbocycles. The van der Waals surface area contributed by atoms with Gasteiger partial charge in [0.25, 0.3) is 0 Å². The number of hydrogen-bond acceptors (Lipinski definition) is 5. The van der Waals surface area contributed by atoms with E-state index >= 15 is 0 Å². The highest BCUT2D eigenvalue weighted by Gasteiger charge is 2.22. The van der Waals surface area contributed by atoms with Gasteiger partial charge in [0.1, 0.15) is 12.4 Å². The Morgan fingerprint density at radius 1 is 0.944 bits per heavy atom. The Morgan fingerprint density at radius 3 is 2.28 bits per heavy atom. The number of carbonyl (C=O) groups excluding carboxylic acids is 1. The molecule has 190 valence electrons. The molecule has 0 aromatic heterocycles. The Hall–Kier alpha value is -3.84. The number of carboxylic acids is 1. The van der Waals surface area contributed by atoms with E-state index < -0.39 is 17.7 Å². The first kappa shape index (κ1) is 26.8. The fourth-order valence-corrected chi connectivity index (χ4v) is 3.94. The van der Waals surface area contributed by atoms with E-state index in [1.54, 1.807) is 44.1 Å². The number of aliphatic carboxylic acids is 1. The summed E-state index contributed by atoms with van der Waals surface area (Å²) in [5.74, 6) is -0.349. The quantitative estimate of drug-likeness (QED) is 0.396. The third-order valence-corrected chi connectivity index (χ3v) is 5.93. The van der Waals surface area contributed by atoms with Crippen LogP contribution < -0.4 is 4.74 Å². The lowest BCUT2D eigenvalue weighted by molar-refractivity contribution is -0.136. The molecule has 2 N–H and O–H groups in total. The first-order valence-electron chi connectivity index (χ1n) is 11.8. The van der Waals surface area contributed by atoms with E-state index in [9.17, 15) is 19.8 Å². The SMILES string of the molecule is CCN(Cc1cc(C(C)(C)O)ccc1-c1cc(CC(=O)O)ccc1OC)C(=O)OCc1ccccc1. The highest BCUT2D eigenvalue weighted by Crippen LogP contribution is 2.36. The molecule has 0 unspecified atom stereocenters. The molecule has 1 amide bonds. The molecule has 36 heavy (non-hydrogen) atoms. The molecule has 3 aromatic carbocycles. The number of hydrogen-bond donors (Lipinski definition) is 2. The van der Waals surface area contributed by atoms with Crippen molar-refractivity contribution >= 4 is 12.1 Å². The Morgan fingerprint density at radius 2 is 1.67 bits per heavy atom. The number of rotatable bonds is 10. The smallest absolute Gasteiger partial charge is 0.410 e. The predicted molar refractivity (Wildman–Crippen MR) is 138 cm³/mol. The minimum absolute atomic E-state index is 0.124. The van der Waals surface area contributed by atoms with E-state index in [1.807, 2.05) is 55.5 Å². The fourth-order valence-electron chi connectivity index (χ4n) is 3.94. The van der Waals surface area contributed by atoms with E-state index in [4.69, 9.17) is 9.47 Å². The van der Waals surface area contributed by atoms with Crippen LogP contribution in [0.1, 0.15) is 43.0 Å². The average Bonchev–Trinajstić information content (AvgIpc) is 2.85. The maximum atomic E-state index is 12.9. The summed E-state index contributed by atoms with van der Waals surface area (Å²) in [6.45, 7) is 6.08. The average molecular weight is 492 g/mol. The first-order chi connectivity index (χ1) is 17.1. The number of nitrogens with zero attached hydrogens (tertiary/aromatic N) is 1. The summed E-state index contributed by atoms with van der Waals surface area (Å²) in [5, 5.41) is 19.9. The van der Waals surface area contributed by atoms with Gasteiger partial charge in [0.2, 0.25) is 0 Å². The summed E-state index contributed by atoms with van der Waals surface area (Å²) >= 11 is 0. The van der Waals surface area contributed by atoms with Gasteiger partial charge < -0.3 is 24.6 Å². The molecule has 0 aliphatic rings. The van der Waals surface area contributed by atoms with E-state index in [-0.39, 0.29) is 19.6 Å². The molecule has 0 spiro atoms. The summed E-state index contributed by atoms with van der Waals surface area (Å²) in [4.78, 5) is 25.8. The molecular weight excluding hydrogens is 458 g/mol. The van der Waals surface area contributed by atoms with Crippen LogP contribution in [0.3, 0.4) is 0 Å². The zero-order valence-electron chi connectivity index (χ0n) is 21.2. The van der Waals surface area contributed by atoms with Gasteiger partial charge in [0.05, 0.1) is 19.1 Å². The van der Waals surface area contributed by atoms with Gasteiger partial charge in [-0.2, -0.15) is 0 Å². The number of benzene rings is 3. The maximum absolute atomic E-state index is 12.9. The summed E-state index contributed by atoms with van der Waals surface area (Å²) in [6, 6.07) is 20.3. The summed E-state index contributed by atoms with van der Waals surface area (Å²) < 4.78 is 11.1. The number of carboxylic acid groups (broad SMARTS) is 1. The van der Waals surface area contributed by atoms with E-state index in [1.165, 1.54) is 0 Å². The van der Waals surface area contributed by atoms with Crippen molar-refractivity contribution in [3.63, 3.8) is 0 Å². The van der Waals surface area contributed by atoms with Gasteiger partial charge in [-0.3, -0.25) is 4.79 Å². The number of aliphatic hydroxyl groups is 1. The monoisotopic (exact) mass is 491 g/mol. The molecule has 0 atom stereocenters. The van der Waals surface area contributed by atoms with Crippen LogP contribution >= 0.6 is 0 Å². The van der Waals surface area contributed by atoms with Crippen molar-refractivity contribution in [2.45, 2.75) is 45.9 Å². The second-order valence-corrected chi connectivity index (χ2v) is 9.09. The predicted octanol–water partition coefficient (Wildman–Crippen LogP) is 5.38. The molecule has 0 aliphatic heterocycles. The van der Waals surface area contributed by atoms with Crippen LogP contribution in [0.4, 0.5) is 4.79 Å². The van der Waals surface area contributed by atoms with Crippen molar-refractivity contribution < 1.29 is 29.3 Å². The first-order valence-corrected chi connectivity index (χ1v) is 11.8. The third kappa shape index (κ3) is 6.86. The largest absolute Gasteiger partial charge is 0.496 e. The van der Waals surface area contributed by atoms with E-state index in [2.05, 4.69) is 0 Å². The Labute approximate surface area is 211 Å². The minimum atomic E-state index is -1.09. The van der Waals surface area contributed by atoms with Crippen LogP contribution in [-0.4, -0.2) is 40.8 Å². The summed E-state index contributed by atoms with van der Waals surface area (Å²) in [7, 11) is 1.56. The molecule has 7 heteroatoms. The molecule has 3 aromatic rings. The highest BCUT2D eigenvalue weighted by molar-refractivity contribution is 5.77. The minimum Gasteiger partial charge on any atom is -0.496 e. The lowest BCUT2D eigenvalue weighted by atomic mass is 9.90. The molecular formula is C29H33NO6. The van der Waals surface area contributed by atoms with Crippen LogP contribution in [0.15, 0.2) is 66.7 Å². The molecule has 0 heterocycles. The third-order valence-electron chi connectivity index (χ3n) is 5.93. The second kappa shape index (κ2) is 11.7. The van der Waals surface area contributed by atoms with Crippen molar-refractivity contribution in [1.29, 1.82) is 0 Å². The molecule has 0 radical (unpaired) electrons. The number of carbonyl (C=O) groups is 2. The van der Waals surface area contributed by atoms with Gasteiger partial charge >= 0.3 is 12.1 Å². The van der Waals surface area contributed by atoms with Gasteiger partial charge in [0, 0.05) is 18.7 Å². The zero-order valence-corrected chi connectivity index (χ0v) is 21.2. The highest BCUT2D eigenvalue weighted by atomic mass is 16.6. The Kier molecular flexibility index (Phi) is 8.72. The van der Waals surface area contributed by atoms with Crippen LogP contribution in [-0.2, 0) is 34.7 Å². The summed E-state index contributed by atoms with van der Waals surface area (Å²) in [5.41, 5.74) is 3.39. The van der Waals surface area contributed by atoms with Gasteiger partial charge in [-0.1, -0.05) is 54.6 Å². The number of methoxy groups -OCH3 is 1. The Balaban J connectivity index is 1.99. The molecule has 3 rings (SSSR count). The molecule has 0 bridgehead atoms. The van der Waals surface area contributed by atoms with E-state index in [0.29, 0.717) is 29.0 Å². The number of ether oxygens (including phenoxy) is 2. The van der Waals surface area contributed by atoms with Crippen LogP contribution in [0.5, 0.6) is 5.75 Å². The summed E-state index contributed by atoms with van der Waals surface area (Å²) in [6.07, 6.45) is -0.575. The molecule has 0 fully saturated rings. The van der Waals surface area contributed by atoms with Gasteiger partial charge in [-0.05, 0) is 60.7 Å². The molecule has 0 saturated heterocycles. The van der Waals surface area contributed by atoms with E-state index in [0.717, 1.165) is 16.7 Å². The van der Waals surface area contributed by atoms with Gasteiger partial charge in [0.15, 0.2) is 0 Å². The van der Waals surface area contributed by atoms with Crippen LogP contribution in [0.25, 0.3) is 11.1 Å². The normalized spacial score (nSPS) is 11.1. The van der Waals surface area contributed by atoms with Crippen LogP contribution in [0.2, 0.25) is 0 Å². The fraction of sp³-hybridized carbons (Fsp3) is 0.310. The topological polar surface area (TPSA) is 96.3 Å².